The lowest BCUT2D eigenvalue weighted by molar-refractivity contribution is 0.0323. The number of aryl methyl sites for hydroxylation is 2. The Morgan fingerprint density at radius 1 is 0.409 bits per heavy atom. The van der Waals surface area contributed by atoms with E-state index in [1.165, 1.54) is 162 Å². The third kappa shape index (κ3) is 17.0. The Morgan fingerprint density at radius 2 is 0.828 bits per heavy atom. The third-order valence-electron chi connectivity index (χ3n) is 20.3. The summed E-state index contributed by atoms with van der Waals surface area (Å²) in [5, 5.41) is 0. The van der Waals surface area contributed by atoms with Crippen LogP contribution in [0, 0.1) is 60.8 Å². The van der Waals surface area contributed by atoms with E-state index in [1.807, 2.05) is 6.07 Å². The van der Waals surface area contributed by atoms with E-state index in [1.54, 1.807) is 18.3 Å². The molecule has 2 aliphatic heterocycles. The van der Waals surface area contributed by atoms with Gasteiger partial charge in [0.25, 0.3) is 0 Å². The molecule has 16 heteroatoms. The molecule has 6 aromatic heterocycles. The number of fused-ring (bicyclic) bond motifs is 8. The van der Waals surface area contributed by atoms with Crippen LogP contribution in [-0.4, -0.2) is 17.5 Å². The second kappa shape index (κ2) is 33.6. The van der Waals surface area contributed by atoms with Crippen LogP contribution in [-0.2, 0) is 17.6 Å². The molecule has 0 fully saturated rings. The van der Waals surface area contributed by atoms with Crippen LogP contribution in [0.1, 0.15) is 293 Å². The lowest BCUT2D eigenvalue weighted by Gasteiger charge is -2.39. The fourth-order valence-electron chi connectivity index (χ4n) is 14.7. The largest absolute Gasteiger partial charge is 0.481 e. The quantitative estimate of drug-likeness (QED) is 0.0282. The molecule has 0 saturated heterocycles. The summed E-state index contributed by atoms with van der Waals surface area (Å²) in [5.41, 5.74) is 2.75. The predicted molar refractivity (Wildman–Crippen MR) is 392 cm³/mol. The van der Waals surface area contributed by atoms with Gasteiger partial charge in [0.1, 0.15) is 44.8 Å². The molecular weight excluding hydrogens is 1280 g/mol. The Labute approximate surface area is 578 Å². The second-order valence-electron chi connectivity index (χ2n) is 28.9. The highest BCUT2D eigenvalue weighted by Gasteiger charge is 2.46. The molecule has 0 N–H and O–H groups in total. The molecule has 2 unspecified atom stereocenters. The molecule has 0 saturated carbocycles. The van der Waals surface area contributed by atoms with Gasteiger partial charge < -0.3 is 9.47 Å². The van der Waals surface area contributed by atoms with Gasteiger partial charge in [0.2, 0.25) is 0 Å². The molecule has 6 nitrogen and oxygen atoms in total. The van der Waals surface area contributed by atoms with Crippen molar-refractivity contribution < 1.29 is 27.0 Å². The molecule has 0 amide bonds. The Bertz CT molecular complexity index is 3650. The highest BCUT2D eigenvalue weighted by molar-refractivity contribution is 7.25. The van der Waals surface area contributed by atoms with E-state index >= 15 is 17.6 Å². The highest BCUT2D eigenvalue weighted by atomic mass is 32.1. The van der Waals surface area contributed by atoms with Crippen LogP contribution in [0.5, 0.6) is 11.5 Å². The van der Waals surface area contributed by atoms with Gasteiger partial charge in [0.05, 0.1) is 54.1 Å². The fourth-order valence-corrected chi connectivity index (χ4v) is 20.8. The Kier molecular flexibility index (Phi) is 26.0. The fraction of sp³-hybridized carbons (Fsp3) is 0.636. The van der Waals surface area contributed by atoms with Crippen molar-refractivity contribution in [3.05, 3.63) is 79.5 Å². The first-order valence-electron chi connectivity index (χ1n) is 36.1. The maximum Gasteiger partial charge on any atom is 0.170 e. The summed E-state index contributed by atoms with van der Waals surface area (Å²) in [7, 11) is 0. The molecule has 508 valence electrons. The van der Waals surface area contributed by atoms with Crippen molar-refractivity contribution in [1.29, 1.82) is 0 Å². The zero-order chi connectivity index (χ0) is 65.8. The zero-order valence-corrected chi connectivity index (χ0v) is 62.4. The molecule has 2 atom stereocenters. The van der Waals surface area contributed by atoms with Crippen molar-refractivity contribution in [2.24, 2.45) is 23.7 Å². The van der Waals surface area contributed by atoms with Crippen molar-refractivity contribution in [3.63, 3.8) is 0 Å². The van der Waals surface area contributed by atoms with E-state index in [9.17, 15) is 0 Å². The maximum absolute atomic E-state index is 17.8. The molecular formula is C77H104F4N4O2S6. The minimum Gasteiger partial charge on any atom is -0.481 e. The number of rotatable bonds is 40. The number of hydrogen-bond acceptors (Lipinski definition) is 12. The van der Waals surface area contributed by atoms with Crippen molar-refractivity contribution in [1.82, 2.24) is 17.5 Å². The molecule has 0 spiro atoms. The molecule has 2 aliphatic rings. The van der Waals surface area contributed by atoms with Crippen LogP contribution < -0.4 is 9.47 Å². The van der Waals surface area contributed by atoms with Gasteiger partial charge in [0.15, 0.2) is 23.3 Å². The minimum absolute atomic E-state index is 0.0623. The number of benzene rings is 2. The number of aromatic nitrogens is 4. The Hall–Kier alpha value is -3.80. The minimum atomic E-state index is -0.923. The number of ether oxygens (including phenoxy) is 2. The lowest BCUT2D eigenvalue weighted by atomic mass is 9.78. The monoisotopic (exact) mass is 1380 g/mol. The second-order valence-corrected chi connectivity index (χ2v) is 34.4. The van der Waals surface area contributed by atoms with Crippen LogP contribution in [0.2, 0.25) is 0 Å². The number of unbranched alkanes of at least 4 members (excludes halogenated alkanes) is 18. The van der Waals surface area contributed by atoms with E-state index in [2.05, 4.69) is 89.3 Å². The van der Waals surface area contributed by atoms with Gasteiger partial charge in [-0.25, -0.2) is 17.6 Å². The van der Waals surface area contributed by atoms with E-state index in [0.29, 0.717) is 61.2 Å². The average Bonchev–Trinajstić information content (AvgIpc) is 1.59. The third-order valence-corrected chi connectivity index (χ3v) is 26.1. The lowest BCUT2D eigenvalue weighted by Crippen LogP contribution is -2.36. The van der Waals surface area contributed by atoms with Gasteiger partial charge >= 0.3 is 0 Å². The van der Waals surface area contributed by atoms with Crippen LogP contribution in [0.3, 0.4) is 0 Å². The molecule has 8 aromatic rings. The van der Waals surface area contributed by atoms with E-state index in [-0.39, 0.29) is 28.7 Å². The smallest absolute Gasteiger partial charge is 0.170 e. The summed E-state index contributed by atoms with van der Waals surface area (Å²) >= 11 is 8.14. The molecule has 8 heterocycles. The first-order chi connectivity index (χ1) is 45.0. The summed E-state index contributed by atoms with van der Waals surface area (Å²) < 4.78 is 102. The molecule has 2 aromatic carbocycles. The number of nitrogens with zero attached hydrogens (tertiary/aromatic N) is 4. The van der Waals surface area contributed by atoms with E-state index < -0.39 is 34.5 Å². The van der Waals surface area contributed by atoms with Crippen LogP contribution in [0.4, 0.5) is 17.6 Å². The maximum atomic E-state index is 17.8. The summed E-state index contributed by atoms with van der Waals surface area (Å²) in [4.78, 5) is 7.12. The van der Waals surface area contributed by atoms with Crippen molar-refractivity contribution in [2.75, 3.05) is 0 Å². The standard InChI is InChI=1S/C77H104F4N4O2S6/c1-11-13-15-17-19-21-23-25-27-29-39-76(40-30-28-26-24-22-20-18-16-14-12-2)56-46-60(62-66(80)64(78)53(10)68-70(62)84-92-82-68)91-73(56)75-59(87-76)45-54(89-75)44-55-65(79)67(81)63(71-69(55)83-93-85-71)61-47-57-72(90-61)74-58(43-52(9)88-74)86-77(57,41-37-50(7)35-31-33-48(3)4)42-38-51(8)36-32-34-49(5)6/h43,45-51H,11-42,44H2,1-10H3. The normalized spacial score (nSPS) is 15.7. The molecule has 0 radical (unpaired) electrons. The van der Waals surface area contributed by atoms with Crippen molar-refractivity contribution >= 4 is 90.9 Å². The first-order valence-corrected chi connectivity index (χ1v) is 40.8. The van der Waals surface area contributed by atoms with E-state index in [4.69, 9.17) is 18.2 Å². The number of halogens is 4. The van der Waals surface area contributed by atoms with Gasteiger partial charge in [-0.15, -0.1) is 45.3 Å². The molecule has 0 bridgehead atoms. The molecule has 10 rings (SSSR count). The topological polar surface area (TPSA) is 70.0 Å². The van der Waals surface area contributed by atoms with E-state index in [0.717, 1.165) is 147 Å². The van der Waals surface area contributed by atoms with Crippen LogP contribution >= 0.6 is 68.8 Å². The summed E-state index contributed by atoms with van der Waals surface area (Å²) in [6, 6.07) is 8.40. The number of hydrogen-bond donors (Lipinski definition) is 0. The summed E-state index contributed by atoms with van der Waals surface area (Å²) in [5.74, 6) is 0.293. The van der Waals surface area contributed by atoms with Gasteiger partial charge in [0, 0.05) is 48.2 Å². The van der Waals surface area contributed by atoms with Crippen LogP contribution in [0.15, 0.2) is 24.3 Å². The summed E-state index contributed by atoms with van der Waals surface area (Å²) in [6.07, 6.45) is 36.6. The zero-order valence-electron chi connectivity index (χ0n) is 57.5. The van der Waals surface area contributed by atoms with Gasteiger partial charge in [-0.3, -0.25) is 0 Å². The van der Waals surface area contributed by atoms with Gasteiger partial charge in [-0.05, 0) is 113 Å². The average molecular weight is 1390 g/mol. The molecule has 93 heavy (non-hydrogen) atoms. The predicted octanol–water partition coefficient (Wildman–Crippen LogP) is 27.7. The SMILES string of the molecule is CCCCCCCCCCCCC1(CCCCCCCCCCCC)Oc2cc(Cc3c(F)c(F)c(-c4cc5c(s4)-c4sc(C)cc4OC5(CCC(C)CCCC(C)C)CCC(C)CCCC(C)C)c4nsnc34)sc2-c2sc(-c3c(F)c(F)c(C)c4nsnc34)cc21. The van der Waals surface area contributed by atoms with Crippen molar-refractivity contribution in [2.45, 2.75) is 292 Å². The number of thiophene rings is 4. The Balaban J connectivity index is 0.996. The highest BCUT2D eigenvalue weighted by Crippen LogP contribution is 2.60. The van der Waals surface area contributed by atoms with Gasteiger partial charge in [-0.1, -0.05) is 209 Å². The van der Waals surface area contributed by atoms with Gasteiger partial charge in [-0.2, -0.15) is 17.5 Å². The summed E-state index contributed by atoms with van der Waals surface area (Å²) in [6.45, 7) is 22.2. The van der Waals surface area contributed by atoms with Crippen LogP contribution in [0.25, 0.3) is 62.5 Å². The molecule has 0 aliphatic carbocycles. The first kappa shape index (κ1) is 72.0. The van der Waals surface area contributed by atoms with Crippen molar-refractivity contribution in [3.8, 4) is 51.9 Å². The Morgan fingerprint density at radius 3 is 1.32 bits per heavy atom.